The van der Waals surface area contributed by atoms with Crippen LogP contribution in [0.4, 0.5) is 0 Å². The van der Waals surface area contributed by atoms with Crippen molar-refractivity contribution in [3.63, 3.8) is 0 Å². The Morgan fingerprint density at radius 3 is 2.71 bits per heavy atom. The summed E-state index contributed by atoms with van der Waals surface area (Å²) >= 11 is 5.29. The third-order valence-corrected chi connectivity index (χ3v) is 4.37. The number of nitrogens with zero attached hydrogens (tertiary/aromatic N) is 1. The van der Waals surface area contributed by atoms with Crippen molar-refractivity contribution < 1.29 is 0 Å². The summed E-state index contributed by atoms with van der Waals surface area (Å²) in [7, 11) is 0. The Bertz CT molecular complexity index is 281. The second-order valence-electron chi connectivity index (χ2n) is 3.63. The van der Waals surface area contributed by atoms with Crippen LogP contribution in [0.25, 0.3) is 0 Å². The molecule has 0 atom stereocenters. The average Bonchev–Trinajstić information content (AvgIpc) is 2.63. The summed E-state index contributed by atoms with van der Waals surface area (Å²) in [6.45, 7) is 3.34. The monoisotopic (exact) mass is 274 g/mol. The molecule has 78 valence electrons. The van der Waals surface area contributed by atoms with Crippen LogP contribution in [0.2, 0.25) is 0 Å². The molecule has 0 amide bonds. The van der Waals surface area contributed by atoms with Crippen LogP contribution in [0.1, 0.15) is 24.8 Å². The van der Waals surface area contributed by atoms with Gasteiger partial charge in [0.05, 0.1) is 0 Å². The molecule has 0 aromatic carbocycles. The lowest BCUT2D eigenvalue weighted by Gasteiger charge is -2.27. The highest BCUT2D eigenvalue weighted by molar-refractivity contribution is 9.10. The van der Waals surface area contributed by atoms with E-state index in [2.05, 4.69) is 37.1 Å². The van der Waals surface area contributed by atoms with Gasteiger partial charge in [-0.05, 0) is 39.7 Å². The van der Waals surface area contributed by atoms with Crippen LogP contribution >= 0.6 is 27.3 Å². The fraction of sp³-hybridized carbons (Fsp3) is 0.600. The smallest absolute Gasteiger partial charge is 0.0372 e. The lowest BCUT2D eigenvalue weighted by atomic mass is 10.2. The highest BCUT2D eigenvalue weighted by atomic mass is 79.9. The van der Waals surface area contributed by atoms with E-state index in [0.29, 0.717) is 0 Å². The third-order valence-electron chi connectivity index (χ3n) is 2.54. The van der Waals surface area contributed by atoms with Crippen LogP contribution in [0.5, 0.6) is 0 Å². The number of hydrogen-bond acceptors (Lipinski definition) is 3. The van der Waals surface area contributed by atoms with Gasteiger partial charge in [-0.1, -0.05) is 6.42 Å². The molecule has 0 aliphatic carbocycles. The molecule has 14 heavy (non-hydrogen) atoms. The highest BCUT2D eigenvalue weighted by Gasteiger charge is 2.09. The van der Waals surface area contributed by atoms with Gasteiger partial charge in [-0.15, -0.1) is 0 Å². The Hall–Kier alpha value is 0.1000. The molecule has 2 heterocycles. The van der Waals surface area contributed by atoms with Gasteiger partial charge in [0.1, 0.15) is 0 Å². The highest BCUT2D eigenvalue weighted by Crippen LogP contribution is 2.21. The van der Waals surface area contributed by atoms with E-state index < -0.39 is 0 Å². The molecule has 1 aromatic heterocycles. The quantitative estimate of drug-likeness (QED) is 0.912. The summed E-state index contributed by atoms with van der Waals surface area (Å²) in [6.07, 6.45) is 4.05. The SMILES string of the molecule is Brc1cscc1CNN1CCCCC1. The van der Waals surface area contributed by atoms with Crippen LogP contribution in [0, 0.1) is 0 Å². The van der Waals surface area contributed by atoms with Crippen LogP contribution in [-0.2, 0) is 6.54 Å². The van der Waals surface area contributed by atoms with E-state index in [1.54, 1.807) is 11.3 Å². The Kier molecular flexibility index (Phi) is 3.99. The van der Waals surface area contributed by atoms with Gasteiger partial charge in [0.2, 0.25) is 0 Å². The maximum atomic E-state index is 3.54. The first-order chi connectivity index (χ1) is 6.86. The molecule has 1 aromatic rings. The molecule has 0 radical (unpaired) electrons. The van der Waals surface area contributed by atoms with E-state index in [9.17, 15) is 0 Å². The Morgan fingerprint density at radius 2 is 2.07 bits per heavy atom. The number of piperidine rings is 1. The minimum absolute atomic E-state index is 0.948. The number of thiophene rings is 1. The van der Waals surface area contributed by atoms with Crippen molar-refractivity contribution in [3.05, 3.63) is 20.8 Å². The summed E-state index contributed by atoms with van der Waals surface area (Å²) in [5.41, 5.74) is 4.84. The molecular formula is C10H15BrN2S. The molecule has 1 fully saturated rings. The van der Waals surface area contributed by atoms with E-state index in [0.717, 1.165) is 6.54 Å². The molecular weight excluding hydrogens is 260 g/mol. The first-order valence-corrected chi connectivity index (χ1v) is 6.79. The summed E-state index contributed by atoms with van der Waals surface area (Å²) < 4.78 is 1.23. The predicted molar refractivity (Wildman–Crippen MR) is 64.3 cm³/mol. The summed E-state index contributed by atoms with van der Waals surface area (Å²) in [4.78, 5) is 0. The number of rotatable bonds is 3. The summed E-state index contributed by atoms with van der Waals surface area (Å²) in [6, 6.07) is 0. The van der Waals surface area contributed by atoms with E-state index in [-0.39, 0.29) is 0 Å². The molecule has 0 bridgehead atoms. The van der Waals surface area contributed by atoms with Gasteiger partial charge >= 0.3 is 0 Å². The second-order valence-corrected chi connectivity index (χ2v) is 5.23. The summed E-state index contributed by atoms with van der Waals surface area (Å²) in [5, 5.41) is 6.67. The van der Waals surface area contributed by atoms with E-state index in [1.165, 1.54) is 42.4 Å². The number of halogens is 1. The first-order valence-electron chi connectivity index (χ1n) is 5.05. The fourth-order valence-corrected chi connectivity index (χ4v) is 3.13. The molecule has 0 saturated carbocycles. The first kappa shape index (κ1) is 10.6. The Labute approximate surface area is 97.4 Å². The summed E-state index contributed by atoms with van der Waals surface area (Å²) in [5.74, 6) is 0. The molecule has 1 aliphatic heterocycles. The minimum Gasteiger partial charge on any atom is -0.251 e. The molecule has 0 spiro atoms. The standard InChI is InChI=1S/C10H15BrN2S/c11-10-8-14-7-9(10)6-12-13-4-2-1-3-5-13/h7-8,12H,1-6H2. The zero-order chi connectivity index (χ0) is 9.80. The Morgan fingerprint density at radius 1 is 1.29 bits per heavy atom. The largest absolute Gasteiger partial charge is 0.251 e. The van der Waals surface area contributed by atoms with Crippen molar-refractivity contribution >= 4 is 27.3 Å². The molecule has 1 saturated heterocycles. The van der Waals surface area contributed by atoms with Gasteiger partial charge in [0, 0.05) is 29.5 Å². The fourth-order valence-electron chi connectivity index (χ4n) is 1.68. The van der Waals surface area contributed by atoms with Gasteiger partial charge in [-0.3, -0.25) is 5.43 Å². The van der Waals surface area contributed by atoms with Crippen molar-refractivity contribution in [2.24, 2.45) is 0 Å². The maximum Gasteiger partial charge on any atom is 0.0372 e. The van der Waals surface area contributed by atoms with Crippen LogP contribution < -0.4 is 5.43 Å². The zero-order valence-corrected chi connectivity index (χ0v) is 10.5. The van der Waals surface area contributed by atoms with Crippen LogP contribution in [0.3, 0.4) is 0 Å². The van der Waals surface area contributed by atoms with Crippen LogP contribution in [-0.4, -0.2) is 18.1 Å². The van der Waals surface area contributed by atoms with Crippen molar-refractivity contribution in [2.45, 2.75) is 25.8 Å². The molecule has 4 heteroatoms. The topological polar surface area (TPSA) is 15.3 Å². The molecule has 2 rings (SSSR count). The number of hydrogen-bond donors (Lipinski definition) is 1. The molecule has 0 unspecified atom stereocenters. The number of nitrogens with one attached hydrogen (secondary N) is 1. The molecule has 1 N–H and O–H groups in total. The van der Waals surface area contributed by atoms with Crippen LogP contribution in [0.15, 0.2) is 15.2 Å². The molecule has 2 nitrogen and oxygen atoms in total. The second kappa shape index (κ2) is 5.26. The van der Waals surface area contributed by atoms with E-state index >= 15 is 0 Å². The normalized spacial score (nSPS) is 18.6. The van der Waals surface area contributed by atoms with Gasteiger partial charge in [0.15, 0.2) is 0 Å². The van der Waals surface area contributed by atoms with Crippen molar-refractivity contribution in [1.82, 2.24) is 10.4 Å². The minimum atomic E-state index is 0.948. The van der Waals surface area contributed by atoms with E-state index in [4.69, 9.17) is 0 Å². The van der Waals surface area contributed by atoms with Crippen molar-refractivity contribution in [1.29, 1.82) is 0 Å². The lowest BCUT2D eigenvalue weighted by molar-refractivity contribution is 0.151. The van der Waals surface area contributed by atoms with Crippen molar-refractivity contribution in [2.75, 3.05) is 13.1 Å². The third kappa shape index (κ3) is 2.79. The molecule has 1 aliphatic rings. The van der Waals surface area contributed by atoms with Gasteiger partial charge in [0.25, 0.3) is 0 Å². The van der Waals surface area contributed by atoms with Gasteiger partial charge in [-0.25, -0.2) is 5.01 Å². The zero-order valence-electron chi connectivity index (χ0n) is 8.13. The predicted octanol–water partition coefficient (Wildman–Crippen LogP) is 3.00. The Balaban J connectivity index is 1.79. The maximum absolute atomic E-state index is 3.54. The number of hydrazine groups is 1. The van der Waals surface area contributed by atoms with Crippen molar-refractivity contribution in [3.8, 4) is 0 Å². The van der Waals surface area contributed by atoms with Gasteiger partial charge < -0.3 is 0 Å². The van der Waals surface area contributed by atoms with E-state index in [1.807, 2.05) is 0 Å². The lowest BCUT2D eigenvalue weighted by Crippen LogP contribution is -2.41. The average molecular weight is 275 g/mol. The van der Waals surface area contributed by atoms with Gasteiger partial charge in [-0.2, -0.15) is 11.3 Å².